The van der Waals surface area contributed by atoms with E-state index in [0.717, 1.165) is 0 Å². The van der Waals surface area contributed by atoms with Crippen LogP contribution in [-0.2, 0) is 4.74 Å². The molecule has 0 bridgehead atoms. The van der Waals surface area contributed by atoms with E-state index in [9.17, 15) is 9.50 Å². The number of halogens is 1. The molecule has 0 radical (unpaired) electrons. The molecule has 0 aliphatic rings. The summed E-state index contributed by atoms with van der Waals surface area (Å²) in [6, 6.07) is 4.47. The molecule has 1 N–H and O–H groups in total. The van der Waals surface area contributed by atoms with Crippen molar-refractivity contribution in [2.45, 2.75) is 13.0 Å². The van der Waals surface area contributed by atoms with E-state index in [1.165, 1.54) is 13.0 Å². The van der Waals surface area contributed by atoms with E-state index >= 15 is 0 Å². The number of methoxy groups -OCH3 is 1. The number of aliphatic hydroxyl groups is 1. The molecule has 0 fully saturated rings. The lowest BCUT2D eigenvalue weighted by Gasteiger charge is -2.13. The molecule has 0 aromatic heterocycles. The lowest BCUT2D eigenvalue weighted by Crippen LogP contribution is -2.08. The smallest absolute Gasteiger partial charge is 0.132 e. The van der Waals surface area contributed by atoms with E-state index in [1.807, 2.05) is 0 Å². The summed E-state index contributed by atoms with van der Waals surface area (Å²) in [5, 5.41) is 9.39. The summed E-state index contributed by atoms with van der Waals surface area (Å²) in [5.41, 5.74) is 0.189. The van der Waals surface area contributed by atoms with Gasteiger partial charge in [-0.3, -0.25) is 0 Å². The van der Waals surface area contributed by atoms with Crippen molar-refractivity contribution in [3.63, 3.8) is 0 Å². The van der Waals surface area contributed by atoms with Gasteiger partial charge in [0.15, 0.2) is 0 Å². The number of aliphatic hydroxyl groups excluding tert-OH is 1. The first-order chi connectivity index (χ1) is 7.16. The lowest BCUT2D eigenvalue weighted by molar-refractivity contribution is 0.140. The third-order valence-corrected chi connectivity index (χ3v) is 1.98. The van der Waals surface area contributed by atoms with E-state index in [2.05, 4.69) is 0 Å². The maximum atomic E-state index is 13.3. The minimum atomic E-state index is -0.885. The Kier molecular flexibility index (Phi) is 4.52. The van der Waals surface area contributed by atoms with E-state index in [1.54, 1.807) is 19.2 Å². The van der Waals surface area contributed by atoms with Gasteiger partial charge in [-0.25, -0.2) is 4.39 Å². The summed E-state index contributed by atoms with van der Waals surface area (Å²) in [5.74, 6) is -0.0954. The molecule has 0 unspecified atom stereocenters. The minimum Gasteiger partial charge on any atom is -0.491 e. The first-order valence-corrected chi connectivity index (χ1v) is 4.75. The quantitative estimate of drug-likeness (QED) is 0.761. The van der Waals surface area contributed by atoms with Gasteiger partial charge in [-0.2, -0.15) is 0 Å². The van der Waals surface area contributed by atoms with Gasteiger partial charge in [0.2, 0.25) is 0 Å². The van der Waals surface area contributed by atoms with Crippen LogP contribution in [-0.4, -0.2) is 25.4 Å². The van der Waals surface area contributed by atoms with E-state index in [-0.39, 0.29) is 5.56 Å². The van der Waals surface area contributed by atoms with Gasteiger partial charge < -0.3 is 14.6 Å². The van der Waals surface area contributed by atoms with Crippen molar-refractivity contribution in [1.29, 1.82) is 0 Å². The van der Waals surface area contributed by atoms with Crippen molar-refractivity contribution in [2.75, 3.05) is 20.3 Å². The van der Waals surface area contributed by atoms with E-state index in [0.29, 0.717) is 19.0 Å². The van der Waals surface area contributed by atoms with Crippen LogP contribution in [0.25, 0.3) is 0 Å². The van der Waals surface area contributed by atoms with Crippen molar-refractivity contribution in [2.24, 2.45) is 0 Å². The molecule has 0 aliphatic heterocycles. The van der Waals surface area contributed by atoms with Gasteiger partial charge in [0.05, 0.1) is 18.3 Å². The monoisotopic (exact) mass is 214 g/mol. The van der Waals surface area contributed by atoms with Gasteiger partial charge in [0, 0.05) is 7.11 Å². The van der Waals surface area contributed by atoms with Crippen LogP contribution in [0.2, 0.25) is 0 Å². The third kappa shape index (κ3) is 3.18. The molecular formula is C11H15FO3. The average molecular weight is 214 g/mol. The molecule has 84 valence electrons. The molecule has 15 heavy (non-hydrogen) atoms. The van der Waals surface area contributed by atoms with Crippen LogP contribution in [0, 0.1) is 5.82 Å². The van der Waals surface area contributed by atoms with E-state index in [4.69, 9.17) is 9.47 Å². The topological polar surface area (TPSA) is 38.7 Å². The van der Waals surface area contributed by atoms with Gasteiger partial charge >= 0.3 is 0 Å². The van der Waals surface area contributed by atoms with Gasteiger partial charge in [-0.1, -0.05) is 6.07 Å². The largest absolute Gasteiger partial charge is 0.491 e. The van der Waals surface area contributed by atoms with Crippen molar-refractivity contribution in [3.8, 4) is 5.75 Å². The summed E-state index contributed by atoms with van der Waals surface area (Å²) in [6.07, 6.45) is -0.885. The number of benzene rings is 1. The average Bonchev–Trinajstić information content (AvgIpc) is 2.17. The summed E-state index contributed by atoms with van der Waals surface area (Å²) in [4.78, 5) is 0. The molecule has 0 amide bonds. The SMILES string of the molecule is COCCOc1cccc(F)c1[C@H](C)O. The third-order valence-electron chi connectivity index (χ3n) is 1.98. The molecule has 0 spiro atoms. The normalized spacial score (nSPS) is 12.5. The number of hydrogen-bond donors (Lipinski definition) is 1. The molecule has 1 atom stereocenters. The summed E-state index contributed by atoms with van der Waals surface area (Å²) < 4.78 is 23.4. The second kappa shape index (κ2) is 5.68. The van der Waals surface area contributed by atoms with Crippen molar-refractivity contribution in [1.82, 2.24) is 0 Å². The van der Waals surface area contributed by atoms with Crippen LogP contribution in [0.3, 0.4) is 0 Å². The fourth-order valence-corrected chi connectivity index (χ4v) is 1.28. The van der Waals surface area contributed by atoms with Crippen LogP contribution in [0.15, 0.2) is 18.2 Å². The lowest BCUT2D eigenvalue weighted by atomic mass is 10.1. The zero-order chi connectivity index (χ0) is 11.3. The van der Waals surface area contributed by atoms with Gasteiger partial charge in [0.1, 0.15) is 18.2 Å². The highest BCUT2D eigenvalue weighted by Crippen LogP contribution is 2.27. The van der Waals surface area contributed by atoms with Crippen molar-refractivity contribution >= 4 is 0 Å². The van der Waals surface area contributed by atoms with Gasteiger partial charge in [0.25, 0.3) is 0 Å². The Balaban J connectivity index is 2.81. The maximum Gasteiger partial charge on any atom is 0.132 e. The maximum absolute atomic E-state index is 13.3. The summed E-state index contributed by atoms with van der Waals surface area (Å²) in [6.45, 7) is 2.26. The predicted molar refractivity (Wildman–Crippen MR) is 54.4 cm³/mol. The number of ether oxygens (including phenoxy) is 2. The van der Waals surface area contributed by atoms with Crippen LogP contribution >= 0.6 is 0 Å². The predicted octanol–water partition coefficient (Wildman–Crippen LogP) is 1.90. The Morgan fingerprint density at radius 1 is 1.40 bits per heavy atom. The van der Waals surface area contributed by atoms with Crippen LogP contribution in [0.4, 0.5) is 4.39 Å². The number of rotatable bonds is 5. The zero-order valence-electron chi connectivity index (χ0n) is 8.87. The fraction of sp³-hybridized carbons (Fsp3) is 0.455. The van der Waals surface area contributed by atoms with Gasteiger partial charge in [-0.05, 0) is 19.1 Å². The van der Waals surface area contributed by atoms with Crippen LogP contribution < -0.4 is 4.74 Å². The van der Waals surface area contributed by atoms with E-state index < -0.39 is 11.9 Å². The second-order valence-corrected chi connectivity index (χ2v) is 3.17. The summed E-state index contributed by atoms with van der Waals surface area (Å²) in [7, 11) is 1.56. The molecule has 1 aromatic carbocycles. The molecule has 0 saturated carbocycles. The molecule has 3 nitrogen and oxygen atoms in total. The Morgan fingerprint density at radius 2 is 2.13 bits per heavy atom. The highest BCUT2D eigenvalue weighted by Gasteiger charge is 2.14. The molecular weight excluding hydrogens is 199 g/mol. The van der Waals surface area contributed by atoms with Crippen LogP contribution in [0.1, 0.15) is 18.6 Å². The first kappa shape index (κ1) is 11.9. The molecule has 0 saturated heterocycles. The molecule has 0 heterocycles. The molecule has 1 rings (SSSR count). The fourth-order valence-electron chi connectivity index (χ4n) is 1.28. The first-order valence-electron chi connectivity index (χ1n) is 4.75. The standard InChI is InChI=1S/C11H15FO3/c1-8(13)11-9(12)4-3-5-10(11)15-7-6-14-2/h3-5,8,13H,6-7H2,1-2H3/t8-/m0/s1. The minimum absolute atomic E-state index is 0.189. The van der Waals surface area contributed by atoms with Crippen molar-refractivity contribution in [3.05, 3.63) is 29.6 Å². The Morgan fingerprint density at radius 3 is 2.73 bits per heavy atom. The molecule has 4 heteroatoms. The van der Waals surface area contributed by atoms with Gasteiger partial charge in [-0.15, -0.1) is 0 Å². The Labute approximate surface area is 88.4 Å². The molecule has 0 aliphatic carbocycles. The Bertz CT molecular complexity index is 313. The number of hydrogen-bond acceptors (Lipinski definition) is 3. The van der Waals surface area contributed by atoms with Crippen LogP contribution in [0.5, 0.6) is 5.75 Å². The molecule has 1 aromatic rings. The highest BCUT2D eigenvalue weighted by molar-refractivity contribution is 5.36. The van der Waals surface area contributed by atoms with Crippen molar-refractivity contribution < 1.29 is 19.0 Å². The second-order valence-electron chi connectivity index (χ2n) is 3.17. The zero-order valence-corrected chi connectivity index (χ0v) is 8.87. The summed E-state index contributed by atoms with van der Waals surface area (Å²) >= 11 is 0. The highest BCUT2D eigenvalue weighted by atomic mass is 19.1. The Hall–Kier alpha value is -1.13.